The Bertz CT molecular complexity index is 719. The standard InChI is InChI=1S/C25H32O2/c26-25(16-17-6-2-1-3-7-17)27-24-15-14-22-21-11-10-18-8-4-5-9-19(18)20(21)12-13-23(22)24/h1-3,6-7,18,21-24H,4-5,8-16H2. The normalized spacial score (nSPS) is 35.2. The molecule has 0 N–H and O–H groups in total. The topological polar surface area (TPSA) is 26.3 Å². The third kappa shape index (κ3) is 3.37. The fourth-order valence-corrected chi connectivity index (χ4v) is 6.84. The fraction of sp³-hybridized carbons (Fsp3) is 0.640. The van der Waals surface area contributed by atoms with Crippen molar-refractivity contribution >= 4 is 5.97 Å². The van der Waals surface area contributed by atoms with Gasteiger partial charge in [0, 0.05) is 0 Å². The van der Waals surface area contributed by atoms with E-state index in [4.69, 9.17) is 4.74 Å². The van der Waals surface area contributed by atoms with Crippen LogP contribution >= 0.6 is 0 Å². The number of allylic oxidation sites excluding steroid dienone is 2. The number of esters is 1. The van der Waals surface area contributed by atoms with Gasteiger partial charge >= 0.3 is 5.97 Å². The van der Waals surface area contributed by atoms with E-state index in [1.165, 1.54) is 57.8 Å². The molecule has 0 spiro atoms. The van der Waals surface area contributed by atoms with Gasteiger partial charge in [0.25, 0.3) is 0 Å². The Hall–Kier alpha value is -1.57. The molecule has 0 amide bonds. The molecule has 5 unspecified atom stereocenters. The van der Waals surface area contributed by atoms with Crippen molar-refractivity contribution in [3.05, 3.63) is 47.0 Å². The van der Waals surface area contributed by atoms with E-state index in [2.05, 4.69) is 0 Å². The molecule has 0 bridgehead atoms. The third-order valence-corrected chi connectivity index (χ3v) is 7.98. The molecule has 2 heteroatoms. The first-order valence-corrected chi connectivity index (χ1v) is 11.2. The van der Waals surface area contributed by atoms with Gasteiger partial charge in [0.2, 0.25) is 0 Å². The van der Waals surface area contributed by atoms with Crippen LogP contribution in [0.2, 0.25) is 0 Å². The number of carbonyl (C=O) groups is 1. The van der Waals surface area contributed by atoms with Crippen LogP contribution in [-0.2, 0) is 16.0 Å². The van der Waals surface area contributed by atoms with Gasteiger partial charge in [-0.1, -0.05) is 47.9 Å². The molecule has 3 fully saturated rings. The number of benzene rings is 1. The second kappa shape index (κ2) is 7.45. The van der Waals surface area contributed by atoms with Crippen LogP contribution in [0.3, 0.4) is 0 Å². The Kier molecular flexibility index (Phi) is 4.83. The Morgan fingerprint density at radius 1 is 0.852 bits per heavy atom. The lowest BCUT2D eigenvalue weighted by molar-refractivity contribution is -0.150. The zero-order valence-electron chi connectivity index (χ0n) is 16.4. The van der Waals surface area contributed by atoms with Crippen LogP contribution in [0.5, 0.6) is 0 Å². The van der Waals surface area contributed by atoms with Crippen molar-refractivity contribution in [2.75, 3.05) is 0 Å². The van der Waals surface area contributed by atoms with Crippen LogP contribution in [0, 0.1) is 23.7 Å². The molecule has 3 saturated carbocycles. The molecule has 0 heterocycles. The summed E-state index contributed by atoms with van der Waals surface area (Å²) in [6, 6.07) is 10.0. The minimum Gasteiger partial charge on any atom is -0.462 e. The van der Waals surface area contributed by atoms with Crippen molar-refractivity contribution in [2.45, 2.75) is 76.7 Å². The monoisotopic (exact) mass is 364 g/mol. The second-order valence-corrected chi connectivity index (χ2v) is 9.31. The third-order valence-electron chi connectivity index (χ3n) is 7.98. The summed E-state index contributed by atoms with van der Waals surface area (Å²) in [5, 5.41) is 0. The van der Waals surface area contributed by atoms with Gasteiger partial charge in [-0.2, -0.15) is 0 Å². The van der Waals surface area contributed by atoms with Crippen molar-refractivity contribution in [1.82, 2.24) is 0 Å². The van der Waals surface area contributed by atoms with E-state index >= 15 is 0 Å². The maximum Gasteiger partial charge on any atom is 0.310 e. The van der Waals surface area contributed by atoms with Gasteiger partial charge in [0.1, 0.15) is 6.10 Å². The van der Waals surface area contributed by atoms with Crippen molar-refractivity contribution in [3.8, 4) is 0 Å². The minimum atomic E-state index is -0.0352. The molecule has 0 radical (unpaired) electrons. The maximum atomic E-state index is 12.5. The van der Waals surface area contributed by atoms with Crippen LogP contribution in [0.1, 0.15) is 69.8 Å². The van der Waals surface area contributed by atoms with Gasteiger partial charge in [-0.25, -0.2) is 0 Å². The first kappa shape index (κ1) is 17.5. The Labute approximate surface area is 163 Å². The van der Waals surface area contributed by atoms with Crippen molar-refractivity contribution in [1.29, 1.82) is 0 Å². The molecule has 5 atom stereocenters. The van der Waals surface area contributed by atoms with Gasteiger partial charge in [-0.05, 0) is 87.0 Å². The molecule has 0 aliphatic heterocycles. The lowest BCUT2D eigenvalue weighted by Crippen LogP contribution is -2.36. The summed E-state index contributed by atoms with van der Waals surface area (Å²) in [7, 11) is 0. The summed E-state index contributed by atoms with van der Waals surface area (Å²) in [6.45, 7) is 0. The number of fused-ring (bicyclic) bond motifs is 4. The van der Waals surface area contributed by atoms with Crippen molar-refractivity contribution in [3.63, 3.8) is 0 Å². The molecular weight excluding hydrogens is 332 g/mol. The first-order chi connectivity index (χ1) is 13.3. The van der Waals surface area contributed by atoms with E-state index < -0.39 is 0 Å². The van der Waals surface area contributed by atoms with Crippen LogP contribution < -0.4 is 0 Å². The molecule has 0 saturated heterocycles. The molecule has 4 aliphatic rings. The number of hydrogen-bond donors (Lipinski definition) is 0. The molecule has 4 aliphatic carbocycles. The van der Waals surface area contributed by atoms with Crippen LogP contribution in [0.15, 0.2) is 41.5 Å². The Balaban J connectivity index is 1.26. The lowest BCUT2D eigenvalue weighted by atomic mass is 9.61. The van der Waals surface area contributed by atoms with E-state index in [1.54, 1.807) is 0 Å². The molecule has 1 aromatic carbocycles. The molecule has 2 nitrogen and oxygen atoms in total. The highest BCUT2D eigenvalue weighted by atomic mass is 16.5. The molecule has 5 rings (SSSR count). The predicted molar refractivity (Wildman–Crippen MR) is 107 cm³/mol. The van der Waals surface area contributed by atoms with E-state index in [9.17, 15) is 4.79 Å². The number of rotatable bonds is 3. The van der Waals surface area contributed by atoms with Crippen LogP contribution in [-0.4, -0.2) is 12.1 Å². The molecule has 0 aromatic heterocycles. The summed E-state index contributed by atoms with van der Waals surface area (Å²) >= 11 is 0. The Morgan fingerprint density at radius 2 is 1.74 bits per heavy atom. The second-order valence-electron chi connectivity index (χ2n) is 9.31. The first-order valence-electron chi connectivity index (χ1n) is 11.2. The lowest BCUT2D eigenvalue weighted by Gasteiger charge is -2.45. The van der Waals surface area contributed by atoms with Gasteiger partial charge in [-0.15, -0.1) is 0 Å². The van der Waals surface area contributed by atoms with E-state index in [-0.39, 0.29) is 12.1 Å². The number of carbonyl (C=O) groups excluding carboxylic acids is 1. The molecule has 27 heavy (non-hydrogen) atoms. The van der Waals surface area contributed by atoms with Gasteiger partial charge in [0.05, 0.1) is 6.42 Å². The van der Waals surface area contributed by atoms with Gasteiger partial charge in [0.15, 0.2) is 0 Å². The number of ether oxygens (including phenoxy) is 1. The van der Waals surface area contributed by atoms with E-state index in [1.807, 2.05) is 41.5 Å². The zero-order valence-corrected chi connectivity index (χ0v) is 16.4. The summed E-state index contributed by atoms with van der Waals surface area (Å²) in [5.74, 6) is 3.08. The minimum absolute atomic E-state index is 0.0352. The smallest absolute Gasteiger partial charge is 0.310 e. The fourth-order valence-electron chi connectivity index (χ4n) is 6.84. The molecular formula is C25H32O2. The van der Waals surface area contributed by atoms with Crippen molar-refractivity contribution < 1.29 is 9.53 Å². The molecule has 1 aromatic rings. The van der Waals surface area contributed by atoms with Crippen molar-refractivity contribution in [2.24, 2.45) is 23.7 Å². The number of hydrogen-bond acceptors (Lipinski definition) is 2. The van der Waals surface area contributed by atoms with Gasteiger partial charge < -0.3 is 4.74 Å². The SMILES string of the molecule is O=C(Cc1ccccc1)OC1CCC2C3CCC4CCCCC4=C3CCC12. The quantitative estimate of drug-likeness (QED) is 0.496. The zero-order chi connectivity index (χ0) is 18.2. The highest BCUT2D eigenvalue weighted by molar-refractivity contribution is 5.72. The molecule has 144 valence electrons. The van der Waals surface area contributed by atoms with Crippen LogP contribution in [0.4, 0.5) is 0 Å². The summed E-state index contributed by atoms with van der Waals surface area (Å²) in [6.07, 6.45) is 14.0. The largest absolute Gasteiger partial charge is 0.462 e. The predicted octanol–water partition coefficient (Wildman–Crippen LogP) is 5.86. The highest BCUT2D eigenvalue weighted by Gasteiger charge is 2.47. The van der Waals surface area contributed by atoms with Gasteiger partial charge in [-0.3, -0.25) is 4.79 Å². The van der Waals surface area contributed by atoms with Crippen LogP contribution in [0.25, 0.3) is 0 Å². The maximum absolute atomic E-state index is 12.5. The Morgan fingerprint density at radius 3 is 2.63 bits per heavy atom. The highest BCUT2D eigenvalue weighted by Crippen LogP contribution is 2.55. The summed E-state index contributed by atoms with van der Waals surface area (Å²) in [5.41, 5.74) is 4.80. The van der Waals surface area contributed by atoms with E-state index in [0.717, 1.165) is 29.7 Å². The average molecular weight is 365 g/mol. The average Bonchev–Trinajstić information content (AvgIpc) is 3.11. The van der Waals surface area contributed by atoms with E-state index in [0.29, 0.717) is 12.3 Å². The summed E-state index contributed by atoms with van der Waals surface area (Å²) in [4.78, 5) is 12.5. The summed E-state index contributed by atoms with van der Waals surface area (Å²) < 4.78 is 6.02.